The van der Waals surface area contributed by atoms with Gasteiger partial charge in [-0.1, -0.05) is 42.3 Å². The highest BCUT2D eigenvalue weighted by molar-refractivity contribution is 6.34. The minimum absolute atomic E-state index is 0.229. The van der Waals surface area contributed by atoms with E-state index in [2.05, 4.69) is 20.1 Å². The number of halogens is 1. The quantitative estimate of drug-likeness (QED) is 0.738. The van der Waals surface area contributed by atoms with E-state index in [0.29, 0.717) is 16.3 Å². The van der Waals surface area contributed by atoms with E-state index in [1.807, 2.05) is 24.3 Å². The molecule has 0 bridgehead atoms. The molecule has 0 fully saturated rings. The third kappa shape index (κ3) is 3.35. The number of amides is 1. The summed E-state index contributed by atoms with van der Waals surface area (Å²) >= 11 is 6.11. The topological polar surface area (TPSA) is 59.8 Å². The van der Waals surface area contributed by atoms with Crippen LogP contribution in [0.25, 0.3) is 11.4 Å². The van der Waals surface area contributed by atoms with Gasteiger partial charge in [0, 0.05) is 24.2 Å². The molecule has 6 heteroatoms. The molecule has 26 heavy (non-hydrogen) atoms. The number of anilines is 1. The number of benzene rings is 2. The van der Waals surface area contributed by atoms with E-state index in [4.69, 9.17) is 11.6 Å². The lowest BCUT2D eigenvalue weighted by Crippen LogP contribution is -2.12. The normalized spacial score (nSPS) is 13.7. The first-order valence-electron chi connectivity index (χ1n) is 8.81. The van der Waals surface area contributed by atoms with Crippen molar-refractivity contribution < 1.29 is 4.79 Å². The maximum Gasteiger partial charge on any atom is 0.257 e. The van der Waals surface area contributed by atoms with Gasteiger partial charge in [0.25, 0.3) is 5.91 Å². The Morgan fingerprint density at radius 1 is 1.04 bits per heavy atom. The third-order valence-corrected chi connectivity index (χ3v) is 4.94. The number of hydrogen-bond acceptors (Lipinski definition) is 3. The number of fused-ring (bicyclic) bond motifs is 1. The molecule has 132 valence electrons. The number of carbonyl (C=O) groups excluding carboxylic acids is 1. The molecule has 5 nitrogen and oxygen atoms in total. The molecule has 2 aromatic carbocycles. The first kappa shape index (κ1) is 16.8. The number of hydrogen-bond donors (Lipinski definition) is 1. The van der Waals surface area contributed by atoms with Crippen molar-refractivity contribution in [1.82, 2.24) is 14.8 Å². The minimum Gasteiger partial charge on any atom is -0.322 e. The van der Waals surface area contributed by atoms with Gasteiger partial charge in [0.1, 0.15) is 5.82 Å². The van der Waals surface area contributed by atoms with E-state index < -0.39 is 0 Å². The lowest BCUT2D eigenvalue weighted by Gasteiger charge is -2.10. The van der Waals surface area contributed by atoms with Crippen LogP contribution < -0.4 is 5.32 Å². The number of carbonyl (C=O) groups is 1. The van der Waals surface area contributed by atoms with Crippen molar-refractivity contribution in [3.63, 3.8) is 0 Å². The molecule has 2 heterocycles. The number of aromatic nitrogens is 3. The molecule has 0 saturated carbocycles. The highest BCUT2D eigenvalue weighted by Gasteiger charge is 2.16. The molecular formula is C20H19ClN4O. The Labute approximate surface area is 157 Å². The van der Waals surface area contributed by atoms with E-state index in [1.54, 1.807) is 24.3 Å². The van der Waals surface area contributed by atoms with Crippen LogP contribution in [0.3, 0.4) is 0 Å². The average molecular weight is 367 g/mol. The van der Waals surface area contributed by atoms with Gasteiger partial charge in [0.05, 0.1) is 10.6 Å². The van der Waals surface area contributed by atoms with Crippen molar-refractivity contribution >= 4 is 23.2 Å². The van der Waals surface area contributed by atoms with E-state index in [0.717, 1.165) is 43.0 Å². The minimum atomic E-state index is -0.229. The number of nitrogens with one attached hydrogen (secondary N) is 1. The zero-order chi connectivity index (χ0) is 17.9. The van der Waals surface area contributed by atoms with Gasteiger partial charge in [-0.05, 0) is 37.1 Å². The second-order valence-electron chi connectivity index (χ2n) is 6.42. The van der Waals surface area contributed by atoms with Crippen LogP contribution in [-0.2, 0) is 13.0 Å². The Morgan fingerprint density at radius 2 is 1.92 bits per heavy atom. The van der Waals surface area contributed by atoms with Crippen molar-refractivity contribution in [1.29, 1.82) is 0 Å². The number of aryl methyl sites for hydroxylation is 1. The van der Waals surface area contributed by atoms with Gasteiger partial charge in [-0.2, -0.15) is 0 Å². The molecule has 4 rings (SSSR count). The molecular weight excluding hydrogens is 348 g/mol. The molecule has 1 aliphatic rings. The van der Waals surface area contributed by atoms with Gasteiger partial charge in [-0.25, -0.2) is 0 Å². The van der Waals surface area contributed by atoms with Crippen molar-refractivity contribution in [2.75, 3.05) is 5.32 Å². The smallest absolute Gasteiger partial charge is 0.257 e. The summed E-state index contributed by atoms with van der Waals surface area (Å²) in [6, 6.07) is 14.7. The Bertz CT molecular complexity index is 950. The summed E-state index contributed by atoms with van der Waals surface area (Å²) in [6.45, 7) is 0.938. The van der Waals surface area contributed by atoms with Crippen LogP contribution >= 0.6 is 11.6 Å². The van der Waals surface area contributed by atoms with Crippen LogP contribution in [0.1, 0.15) is 35.4 Å². The molecule has 0 aliphatic carbocycles. The van der Waals surface area contributed by atoms with Crippen LogP contribution in [0.4, 0.5) is 5.69 Å². The lowest BCUT2D eigenvalue weighted by molar-refractivity contribution is 0.102. The Kier molecular flexibility index (Phi) is 4.71. The highest BCUT2D eigenvalue weighted by Crippen LogP contribution is 2.25. The Morgan fingerprint density at radius 3 is 2.81 bits per heavy atom. The highest BCUT2D eigenvalue weighted by atomic mass is 35.5. The van der Waals surface area contributed by atoms with E-state index in [1.165, 1.54) is 6.42 Å². The molecule has 0 unspecified atom stereocenters. The predicted molar refractivity (Wildman–Crippen MR) is 102 cm³/mol. The maximum atomic E-state index is 12.5. The summed E-state index contributed by atoms with van der Waals surface area (Å²) in [7, 11) is 0. The lowest BCUT2D eigenvalue weighted by atomic mass is 10.1. The van der Waals surface area contributed by atoms with Crippen molar-refractivity contribution in [3.05, 3.63) is 64.9 Å². The van der Waals surface area contributed by atoms with Crippen LogP contribution in [-0.4, -0.2) is 20.7 Å². The Balaban J connectivity index is 1.61. The summed E-state index contributed by atoms with van der Waals surface area (Å²) in [5.74, 6) is 1.67. The van der Waals surface area contributed by atoms with Crippen LogP contribution in [0.2, 0.25) is 5.02 Å². The van der Waals surface area contributed by atoms with Gasteiger partial charge in [-0.3, -0.25) is 4.79 Å². The van der Waals surface area contributed by atoms with Crippen LogP contribution in [0.5, 0.6) is 0 Å². The van der Waals surface area contributed by atoms with Gasteiger partial charge in [0.2, 0.25) is 0 Å². The summed E-state index contributed by atoms with van der Waals surface area (Å²) in [5.41, 5.74) is 2.11. The van der Waals surface area contributed by atoms with Crippen molar-refractivity contribution in [3.8, 4) is 11.4 Å². The van der Waals surface area contributed by atoms with Crippen molar-refractivity contribution in [2.45, 2.75) is 32.2 Å². The first-order chi connectivity index (χ1) is 12.7. The summed E-state index contributed by atoms with van der Waals surface area (Å²) < 4.78 is 2.20. The average Bonchev–Trinajstić information content (AvgIpc) is 2.91. The first-order valence-corrected chi connectivity index (χ1v) is 9.18. The van der Waals surface area contributed by atoms with Crippen molar-refractivity contribution in [2.24, 2.45) is 0 Å². The molecule has 0 atom stereocenters. The molecule has 0 saturated heterocycles. The Hall–Kier alpha value is -2.66. The van der Waals surface area contributed by atoms with E-state index in [9.17, 15) is 4.79 Å². The standard InChI is InChI=1S/C20H19ClN4O/c21-17-10-4-3-9-16(17)20(26)22-15-8-6-7-14(13-15)19-24-23-18-11-2-1-5-12-25(18)19/h3-4,6-10,13H,1-2,5,11-12H2,(H,22,26). The van der Waals surface area contributed by atoms with E-state index in [-0.39, 0.29) is 5.91 Å². The summed E-state index contributed by atoms with van der Waals surface area (Å²) in [5, 5.41) is 12.1. The zero-order valence-corrected chi connectivity index (χ0v) is 15.0. The summed E-state index contributed by atoms with van der Waals surface area (Å²) in [4.78, 5) is 12.5. The fourth-order valence-electron chi connectivity index (χ4n) is 3.28. The fourth-order valence-corrected chi connectivity index (χ4v) is 3.50. The second-order valence-corrected chi connectivity index (χ2v) is 6.82. The molecule has 1 aliphatic heterocycles. The largest absolute Gasteiger partial charge is 0.322 e. The zero-order valence-electron chi connectivity index (χ0n) is 14.3. The predicted octanol–water partition coefficient (Wildman–Crippen LogP) is 4.58. The number of rotatable bonds is 3. The fraction of sp³-hybridized carbons (Fsp3) is 0.250. The van der Waals surface area contributed by atoms with Gasteiger partial charge < -0.3 is 9.88 Å². The molecule has 1 N–H and O–H groups in total. The molecule has 0 radical (unpaired) electrons. The second kappa shape index (κ2) is 7.30. The van der Waals surface area contributed by atoms with Gasteiger partial charge in [-0.15, -0.1) is 10.2 Å². The molecule has 1 aromatic heterocycles. The summed E-state index contributed by atoms with van der Waals surface area (Å²) in [6.07, 6.45) is 4.49. The van der Waals surface area contributed by atoms with Crippen LogP contribution in [0, 0.1) is 0 Å². The van der Waals surface area contributed by atoms with Crippen LogP contribution in [0.15, 0.2) is 48.5 Å². The third-order valence-electron chi connectivity index (χ3n) is 4.61. The van der Waals surface area contributed by atoms with Gasteiger partial charge >= 0.3 is 0 Å². The molecule has 0 spiro atoms. The van der Waals surface area contributed by atoms with E-state index >= 15 is 0 Å². The molecule has 1 amide bonds. The number of nitrogens with zero attached hydrogens (tertiary/aromatic N) is 3. The monoisotopic (exact) mass is 366 g/mol. The maximum absolute atomic E-state index is 12.5. The SMILES string of the molecule is O=C(Nc1cccc(-c2nnc3n2CCCCC3)c1)c1ccccc1Cl. The van der Waals surface area contributed by atoms with Gasteiger partial charge in [0.15, 0.2) is 5.82 Å². The molecule has 3 aromatic rings.